The Balaban J connectivity index is 0.00000242. The minimum Gasteiger partial charge on any atom is -0.377 e. The number of nitrogens with zero attached hydrogens (tertiary/aromatic N) is 2. The molecule has 1 aromatic heterocycles. The molecule has 0 aromatic carbocycles. The van der Waals surface area contributed by atoms with Crippen molar-refractivity contribution in [3.63, 3.8) is 0 Å². The predicted octanol–water partition coefficient (Wildman–Crippen LogP) is 2.73. The molecule has 5 nitrogen and oxygen atoms in total. The molecular weight excluding hydrogens is 411 g/mol. The summed E-state index contributed by atoms with van der Waals surface area (Å²) in [4.78, 5) is 9.96. The highest BCUT2D eigenvalue weighted by atomic mass is 127. The topological polar surface area (TPSA) is 58.5 Å². The van der Waals surface area contributed by atoms with Crippen molar-refractivity contribution in [1.82, 2.24) is 15.6 Å². The summed E-state index contributed by atoms with van der Waals surface area (Å²) < 4.78 is 5.31. The van der Waals surface area contributed by atoms with Crippen LogP contribution < -0.4 is 10.6 Å². The average molecular weight is 436 g/mol. The number of rotatable bonds is 6. The van der Waals surface area contributed by atoms with Crippen LogP contribution in [0.3, 0.4) is 0 Å². The molecule has 0 saturated carbocycles. The number of aromatic nitrogens is 1. The summed E-state index contributed by atoms with van der Waals surface area (Å²) in [6.45, 7) is 5.37. The molecule has 1 aliphatic heterocycles. The van der Waals surface area contributed by atoms with E-state index in [9.17, 15) is 0 Å². The Hall–Kier alpha value is -0.670. The quantitative estimate of drug-likeness (QED) is 0.312. The zero-order valence-corrected chi connectivity index (χ0v) is 16.4. The Labute approximate surface area is 153 Å². The van der Waals surface area contributed by atoms with E-state index in [1.54, 1.807) is 18.4 Å². The number of nitrogens with one attached hydrogen (secondary N) is 2. The fourth-order valence-electron chi connectivity index (χ4n) is 2.11. The average Bonchev–Trinajstić information content (AvgIpc) is 3.00. The number of aryl methyl sites for hydroxylation is 1. The number of aliphatic imine (C=N–C) groups is 1. The summed E-state index contributed by atoms with van der Waals surface area (Å²) in [6, 6.07) is 0. The summed E-state index contributed by atoms with van der Waals surface area (Å²) in [5.41, 5.74) is 1.47. The van der Waals surface area contributed by atoms with Gasteiger partial charge in [0.1, 0.15) is 5.01 Å². The van der Waals surface area contributed by atoms with Crippen molar-refractivity contribution in [1.29, 1.82) is 0 Å². The summed E-state index contributed by atoms with van der Waals surface area (Å²) in [6.07, 6.45) is 7.27. The molecule has 7 heteroatoms. The van der Waals surface area contributed by atoms with Crippen molar-refractivity contribution in [2.45, 2.75) is 32.7 Å². The Bertz CT molecular complexity index is 501. The van der Waals surface area contributed by atoms with Crippen LogP contribution in [0.2, 0.25) is 0 Å². The van der Waals surface area contributed by atoms with E-state index >= 15 is 0 Å². The number of hydrogen-bond acceptors (Lipinski definition) is 4. The van der Waals surface area contributed by atoms with Gasteiger partial charge < -0.3 is 15.4 Å². The van der Waals surface area contributed by atoms with Crippen molar-refractivity contribution < 1.29 is 4.74 Å². The van der Waals surface area contributed by atoms with E-state index in [0.717, 1.165) is 56.5 Å². The molecule has 0 radical (unpaired) electrons. The second-order valence-corrected chi connectivity index (χ2v) is 6.06. The van der Waals surface area contributed by atoms with Crippen molar-refractivity contribution >= 4 is 41.3 Å². The molecule has 0 spiro atoms. The van der Waals surface area contributed by atoms with Gasteiger partial charge in [0.05, 0.1) is 19.8 Å². The summed E-state index contributed by atoms with van der Waals surface area (Å²) in [5.74, 6) is 0.830. The Morgan fingerprint density at radius 1 is 1.45 bits per heavy atom. The van der Waals surface area contributed by atoms with Crippen molar-refractivity contribution in [2.24, 2.45) is 4.99 Å². The van der Waals surface area contributed by atoms with Crippen LogP contribution in [-0.4, -0.2) is 37.7 Å². The fourth-order valence-corrected chi connectivity index (χ4v) is 2.91. The molecule has 0 saturated heterocycles. The highest BCUT2D eigenvalue weighted by Gasteiger charge is 2.05. The van der Waals surface area contributed by atoms with Gasteiger partial charge in [-0.25, -0.2) is 4.98 Å². The van der Waals surface area contributed by atoms with E-state index in [-0.39, 0.29) is 24.0 Å². The molecule has 0 aliphatic carbocycles. The number of halogens is 1. The highest BCUT2D eigenvalue weighted by molar-refractivity contribution is 14.0. The second kappa shape index (κ2) is 11.0. The first kappa shape index (κ1) is 19.4. The maximum atomic E-state index is 5.31. The number of hydrogen-bond donors (Lipinski definition) is 2. The van der Waals surface area contributed by atoms with Crippen LogP contribution in [0.4, 0.5) is 0 Å². The van der Waals surface area contributed by atoms with E-state index in [1.807, 2.05) is 6.20 Å². The molecular formula is C15H25IN4OS. The second-order valence-electron chi connectivity index (χ2n) is 4.86. The van der Waals surface area contributed by atoms with Gasteiger partial charge in [0, 0.05) is 24.7 Å². The van der Waals surface area contributed by atoms with E-state index in [2.05, 4.69) is 33.6 Å². The van der Waals surface area contributed by atoms with Gasteiger partial charge in [-0.2, -0.15) is 0 Å². The molecule has 0 unspecified atom stereocenters. The van der Waals surface area contributed by atoms with Gasteiger partial charge in [0.25, 0.3) is 0 Å². The highest BCUT2D eigenvalue weighted by Crippen LogP contribution is 2.13. The van der Waals surface area contributed by atoms with Crippen LogP contribution >= 0.6 is 35.3 Å². The number of guanidine groups is 1. The molecule has 1 aliphatic rings. The molecule has 1 aromatic rings. The minimum absolute atomic E-state index is 0. The fraction of sp³-hybridized carbons (Fsp3) is 0.600. The van der Waals surface area contributed by atoms with Gasteiger partial charge >= 0.3 is 0 Å². The summed E-state index contributed by atoms with van der Waals surface area (Å²) >= 11 is 1.75. The molecule has 2 rings (SSSR count). The van der Waals surface area contributed by atoms with Crippen LogP contribution in [0.25, 0.3) is 0 Å². The Morgan fingerprint density at radius 2 is 2.32 bits per heavy atom. The third-order valence-corrected chi connectivity index (χ3v) is 4.52. The van der Waals surface area contributed by atoms with Crippen LogP contribution in [0.1, 0.15) is 29.7 Å². The maximum Gasteiger partial charge on any atom is 0.191 e. The van der Waals surface area contributed by atoms with Gasteiger partial charge in [-0.1, -0.05) is 18.6 Å². The standard InChI is InChI=1S/C15H24N4OS.HI/c1-3-13-10-18-14(21-13)11-19-15(16-2)17-7-4-12-5-8-20-9-6-12;/h5,10H,3-4,6-9,11H2,1-2H3,(H2,16,17,19);1H. The van der Waals surface area contributed by atoms with E-state index in [4.69, 9.17) is 4.74 Å². The van der Waals surface area contributed by atoms with Crippen molar-refractivity contribution in [3.8, 4) is 0 Å². The Morgan fingerprint density at radius 3 is 2.95 bits per heavy atom. The van der Waals surface area contributed by atoms with Gasteiger partial charge in [-0.15, -0.1) is 35.3 Å². The SMILES string of the molecule is CCc1cnc(CNC(=NC)NCCC2=CCOCC2)s1.I. The van der Waals surface area contributed by atoms with Crippen LogP contribution in [0.15, 0.2) is 22.8 Å². The molecule has 2 N–H and O–H groups in total. The molecule has 2 heterocycles. The van der Waals surface area contributed by atoms with Gasteiger partial charge in [0.15, 0.2) is 5.96 Å². The lowest BCUT2D eigenvalue weighted by molar-refractivity contribution is 0.153. The predicted molar refractivity (Wildman–Crippen MR) is 103 cm³/mol. The first-order valence-electron chi connectivity index (χ1n) is 7.45. The monoisotopic (exact) mass is 436 g/mol. The normalized spacial score (nSPS) is 15.0. The zero-order chi connectivity index (χ0) is 14.9. The summed E-state index contributed by atoms with van der Waals surface area (Å²) in [7, 11) is 1.79. The van der Waals surface area contributed by atoms with Crippen LogP contribution in [0, 0.1) is 0 Å². The van der Waals surface area contributed by atoms with E-state index in [0.29, 0.717) is 0 Å². The smallest absolute Gasteiger partial charge is 0.191 e. The van der Waals surface area contributed by atoms with Gasteiger partial charge in [0.2, 0.25) is 0 Å². The first-order valence-corrected chi connectivity index (χ1v) is 8.27. The van der Waals surface area contributed by atoms with Crippen LogP contribution in [-0.2, 0) is 17.7 Å². The van der Waals surface area contributed by atoms with E-state index < -0.39 is 0 Å². The van der Waals surface area contributed by atoms with Gasteiger partial charge in [-0.3, -0.25) is 4.99 Å². The maximum absolute atomic E-state index is 5.31. The molecule has 22 heavy (non-hydrogen) atoms. The molecule has 124 valence electrons. The Kier molecular flexibility index (Phi) is 9.65. The van der Waals surface area contributed by atoms with Crippen molar-refractivity contribution in [3.05, 3.63) is 27.7 Å². The molecule has 0 fully saturated rings. The van der Waals surface area contributed by atoms with Crippen molar-refractivity contribution in [2.75, 3.05) is 26.8 Å². The van der Waals surface area contributed by atoms with Gasteiger partial charge in [-0.05, 0) is 19.3 Å². The lowest BCUT2D eigenvalue weighted by atomic mass is 10.1. The third-order valence-electron chi connectivity index (χ3n) is 3.38. The zero-order valence-electron chi connectivity index (χ0n) is 13.2. The number of ether oxygens (including phenoxy) is 1. The van der Waals surface area contributed by atoms with E-state index in [1.165, 1.54) is 10.5 Å². The largest absolute Gasteiger partial charge is 0.377 e. The molecule has 0 atom stereocenters. The van der Waals surface area contributed by atoms with Crippen LogP contribution in [0.5, 0.6) is 0 Å². The first-order chi connectivity index (χ1) is 10.3. The molecule has 0 amide bonds. The lowest BCUT2D eigenvalue weighted by Gasteiger charge is -2.15. The third kappa shape index (κ3) is 6.62. The summed E-state index contributed by atoms with van der Waals surface area (Å²) in [5, 5.41) is 7.74. The lowest BCUT2D eigenvalue weighted by Crippen LogP contribution is -2.37. The number of thiazole rings is 1. The molecule has 0 bridgehead atoms. The minimum atomic E-state index is 0.